The van der Waals surface area contributed by atoms with Crippen molar-refractivity contribution >= 4 is 48.9 Å². The Kier molecular flexibility index (Phi) is 9.30. The number of rotatable bonds is 7. The van der Waals surface area contributed by atoms with Crippen molar-refractivity contribution < 1.29 is 0 Å². The maximum Gasteiger partial charge on any atom is 0.162 e. The number of hydrogen-bond donors (Lipinski definition) is 1. The van der Waals surface area contributed by atoms with Crippen molar-refractivity contribution in [2.75, 3.05) is 0 Å². The zero-order valence-corrected chi connectivity index (χ0v) is 34.2. The normalized spacial score (nSPS) is 19.3. The van der Waals surface area contributed by atoms with Crippen molar-refractivity contribution in [2.45, 2.75) is 37.5 Å². The molecule has 0 saturated heterocycles. The zero-order chi connectivity index (χ0) is 40.1. The Morgan fingerprint density at radius 2 is 1.44 bits per heavy atom. The molecule has 0 aliphatic heterocycles. The van der Waals surface area contributed by atoms with Gasteiger partial charge in [-0.2, -0.15) is 0 Å². The van der Waals surface area contributed by atoms with Gasteiger partial charge >= 0.3 is 0 Å². The molecule has 0 fully saturated rings. The van der Waals surface area contributed by atoms with E-state index >= 15 is 0 Å². The molecule has 1 aromatic heterocycles. The lowest BCUT2D eigenvalue weighted by atomic mass is 9.74. The fourth-order valence-electron chi connectivity index (χ4n) is 9.44. The van der Waals surface area contributed by atoms with Crippen LogP contribution in [0.3, 0.4) is 0 Å². The van der Waals surface area contributed by atoms with Gasteiger partial charge in [0.25, 0.3) is 0 Å². The molecule has 3 nitrogen and oxygen atoms in total. The summed E-state index contributed by atoms with van der Waals surface area (Å²) in [4.78, 5) is 10.2. The van der Waals surface area contributed by atoms with E-state index in [0.29, 0.717) is 35.1 Å². The number of allylic oxidation sites excluding steroid dienone is 8. The lowest BCUT2D eigenvalue weighted by molar-refractivity contribution is 0.394. The molecule has 2 N–H and O–H groups in total. The minimum Gasteiger partial charge on any atom is -0.383 e. The van der Waals surface area contributed by atoms with Gasteiger partial charge in [0.15, 0.2) is 5.84 Å². The van der Waals surface area contributed by atoms with Gasteiger partial charge in [-0.25, -0.2) is 9.98 Å². The molecule has 1 heterocycles. The monoisotopic (exact) mass is 779 g/mol. The number of amidine groups is 2. The Morgan fingerprint density at radius 1 is 0.678 bits per heavy atom. The van der Waals surface area contributed by atoms with Crippen molar-refractivity contribution in [3.63, 3.8) is 0 Å². The first kappa shape index (κ1) is 36.7. The second-order valence-electron chi connectivity index (χ2n) is 16.4. The Balaban J connectivity index is 1.01. The van der Waals surface area contributed by atoms with Crippen LogP contribution < -0.4 is 5.73 Å². The molecule has 3 unspecified atom stereocenters. The molecule has 3 atom stereocenters. The van der Waals surface area contributed by atoms with Crippen LogP contribution in [0.25, 0.3) is 48.1 Å². The molecule has 0 spiro atoms. The molecule has 4 heteroatoms. The molecular weight excluding hydrogens is 735 g/mol. The van der Waals surface area contributed by atoms with Gasteiger partial charge in [-0.1, -0.05) is 178 Å². The lowest BCUT2D eigenvalue weighted by Gasteiger charge is -2.29. The fourth-order valence-corrected chi connectivity index (χ4v) is 10.6. The molecule has 286 valence electrons. The zero-order valence-electron chi connectivity index (χ0n) is 33.3. The van der Waals surface area contributed by atoms with E-state index in [1.165, 1.54) is 48.2 Å². The second kappa shape index (κ2) is 15.0. The maximum atomic E-state index is 6.94. The standard InChI is InChI=1S/C55H45N3S/c1-35(43-22-14-26-50-52(43)46-34-40(31-32-49(46)59-50)38-29-27-37(28-30-38)36-15-6-4-7-16-36)57-54(39-17-8-5-9-18-39)58-53(56)42-20-12-19-41(33-42)44-23-13-25-48-51(44)45-21-10-11-24-47(45)55(48,2)3/h4-15,17-34,36,45,47H,1,16H2,2-3H3,(H2,56,57,58). The predicted molar refractivity (Wildman–Crippen MR) is 253 cm³/mol. The fraction of sp³-hybridized carbons (Fsp3) is 0.127. The highest BCUT2D eigenvalue weighted by atomic mass is 32.1. The Labute approximate surface area is 350 Å². The first-order valence-corrected chi connectivity index (χ1v) is 21.3. The number of hydrogen-bond acceptors (Lipinski definition) is 2. The third-order valence-corrected chi connectivity index (χ3v) is 13.7. The van der Waals surface area contributed by atoms with Crippen LogP contribution in [-0.2, 0) is 5.41 Å². The molecular formula is C55H45N3S. The van der Waals surface area contributed by atoms with Crippen molar-refractivity contribution in [2.24, 2.45) is 21.6 Å². The van der Waals surface area contributed by atoms with Gasteiger partial charge in [-0.3, -0.25) is 0 Å². The molecule has 3 aliphatic carbocycles. The number of aliphatic imine (C=N–C) groups is 2. The van der Waals surface area contributed by atoms with Gasteiger partial charge in [-0.05, 0) is 81.0 Å². The summed E-state index contributed by atoms with van der Waals surface area (Å²) in [6.07, 6.45) is 19.0. The number of benzene rings is 6. The largest absolute Gasteiger partial charge is 0.383 e. The van der Waals surface area contributed by atoms with Gasteiger partial charge in [0.1, 0.15) is 5.84 Å². The summed E-state index contributed by atoms with van der Waals surface area (Å²) in [6, 6.07) is 47.5. The SMILES string of the molecule is C=C(/N=C(\N=C(/N)c1cccc(-c2cccc3c2C2C=CC=CC2C3(C)C)c1)c1ccccc1)c1cccc2sc3ccc(-c4ccc(C5C=CC=CC5)cc4)cc3c12. The molecule has 3 aliphatic rings. The minimum absolute atomic E-state index is 0.0392. The van der Waals surface area contributed by atoms with Crippen molar-refractivity contribution in [3.8, 4) is 22.3 Å². The minimum atomic E-state index is 0.0392. The first-order chi connectivity index (χ1) is 28.8. The Morgan fingerprint density at radius 3 is 2.27 bits per heavy atom. The highest BCUT2D eigenvalue weighted by Gasteiger charge is 2.45. The van der Waals surface area contributed by atoms with Crippen LogP contribution in [-0.4, -0.2) is 11.7 Å². The Bertz CT molecular complexity index is 2970. The number of thiophene rings is 1. The molecule has 10 rings (SSSR count). The molecule has 0 amide bonds. The molecule has 6 aromatic carbocycles. The highest BCUT2D eigenvalue weighted by molar-refractivity contribution is 7.25. The van der Waals surface area contributed by atoms with Gasteiger partial charge in [0.05, 0.1) is 5.70 Å². The van der Waals surface area contributed by atoms with Crippen LogP contribution in [0, 0.1) is 5.92 Å². The van der Waals surface area contributed by atoms with E-state index in [1.807, 2.05) is 36.4 Å². The van der Waals surface area contributed by atoms with E-state index in [1.54, 1.807) is 11.3 Å². The van der Waals surface area contributed by atoms with Crippen molar-refractivity contribution in [1.82, 2.24) is 0 Å². The molecule has 0 saturated carbocycles. The number of nitrogens with zero attached hydrogens (tertiary/aromatic N) is 2. The van der Waals surface area contributed by atoms with E-state index in [0.717, 1.165) is 34.1 Å². The quantitative estimate of drug-likeness (QED) is 0.127. The van der Waals surface area contributed by atoms with Gasteiger partial charge in [0, 0.05) is 48.7 Å². The average molecular weight is 780 g/mol. The Hall–Kier alpha value is -6.62. The molecule has 0 radical (unpaired) electrons. The van der Waals surface area contributed by atoms with Crippen LogP contribution in [0.2, 0.25) is 0 Å². The van der Waals surface area contributed by atoms with Crippen LogP contribution in [0.15, 0.2) is 199 Å². The van der Waals surface area contributed by atoms with Crippen molar-refractivity contribution in [3.05, 3.63) is 222 Å². The average Bonchev–Trinajstić information content (AvgIpc) is 3.78. The van der Waals surface area contributed by atoms with E-state index in [2.05, 4.69) is 166 Å². The maximum absolute atomic E-state index is 6.94. The molecule has 0 bridgehead atoms. The molecule has 7 aromatic rings. The summed E-state index contributed by atoms with van der Waals surface area (Å²) < 4.78 is 2.43. The highest BCUT2D eigenvalue weighted by Crippen LogP contribution is 2.55. The summed E-state index contributed by atoms with van der Waals surface area (Å²) in [5, 5.41) is 2.35. The third kappa shape index (κ3) is 6.64. The molecule has 59 heavy (non-hydrogen) atoms. The van der Waals surface area contributed by atoms with Crippen molar-refractivity contribution in [1.29, 1.82) is 0 Å². The number of fused-ring (bicyclic) bond motifs is 6. The summed E-state index contributed by atoms with van der Waals surface area (Å²) >= 11 is 1.80. The van der Waals surface area contributed by atoms with Crippen LogP contribution >= 0.6 is 11.3 Å². The lowest BCUT2D eigenvalue weighted by Crippen LogP contribution is -2.24. The van der Waals surface area contributed by atoms with Gasteiger partial charge in [-0.15, -0.1) is 11.3 Å². The van der Waals surface area contributed by atoms with Gasteiger partial charge in [0.2, 0.25) is 0 Å². The van der Waals surface area contributed by atoms with Crippen LogP contribution in [0.1, 0.15) is 65.5 Å². The van der Waals surface area contributed by atoms with E-state index in [9.17, 15) is 0 Å². The van der Waals surface area contributed by atoms with Crippen LogP contribution in [0.4, 0.5) is 0 Å². The number of nitrogens with two attached hydrogens (primary N) is 1. The third-order valence-electron chi connectivity index (χ3n) is 12.5. The second-order valence-corrected chi connectivity index (χ2v) is 17.5. The summed E-state index contributed by atoms with van der Waals surface area (Å²) in [6.45, 7) is 9.30. The summed E-state index contributed by atoms with van der Waals surface area (Å²) in [5.41, 5.74) is 19.2. The van der Waals surface area contributed by atoms with E-state index in [4.69, 9.17) is 15.7 Å². The van der Waals surface area contributed by atoms with Crippen LogP contribution in [0.5, 0.6) is 0 Å². The predicted octanol–water partition coefficient (Wildman–Crippen LogP) is 13.9. The first-order valence-electron chi connectivity index (χ1n) is 20.5. The topological polar surface area (TPSA) is 50.7 Å². The van der Waals surface area contributed by atoms with Gasteiger partial charge < -0.3 is 5.73 Å². The van der Waals surface area contributed by atoms with E-state index < -0.39 is 0 Å². The van der Waals surface area contributed by atoms with E-state index in [-0.39, 0.29) is 5.41 Å². The summed E-state index contributed by atoms with van der Waals surface area (Å²) in [7, 11) is 0. The smallest absolute Gasteiger partial charge is 0.162 e. The summed E-state index contributed by atoms with van der Waals surface area (Å²) in [5.74, 6) is 2.11.